The van der Waals surface area contributed by atoms with Crippen LogP contribution in [0.5, 0.6) is 0 Å². The molecule has 0 fully saturated rings. The van der Waals surface area contributed by atoms with Gasteiger partial charge in [0, 0.05) is 6.07 Å². The molecule has 1 aromatic carbocycles. The number of aryl methyl sites for hydroxylation is 1. The summed E-state index contributed by atoms with van der Waals surface area (Å²) in [5, 5.41) is 0. The molecule has 0 heterocycles. The van der Waals surface area contributed by atoms with E-state index in [0.717, 1.165) is 24.8 Å². The van der Waals surface area contributed by atoms with Crippen molar-refractivity contribution in [3.8, 4) is 0 Å². The van der Waals surface area contributed by atoms with E-state index in [1.165, 1.54) is 18.9 Å². The molecule has 0 aliphatic heterocycles. The van der Waals surface area contributed by atoms with E-state index < -0.39 is 11.6 Å². The second kappa shape index (κ2) is 6.62. The minimum absolute atomic E-state index is 0.413. The molecule has 0 N–H and O–H groups in total. The van der Waals surface area contributed by atoms with Crippen LogP contribution in [0.4, 0.5) is 8.78 Å². The van der Waals surface area contributed by atoms with Crippen LogP contribution < -0.4 is 0 Å². The molecule has 0 unspecified atom stereocenters. The van der Waals surface area contributed by atoms with E-state index in [-0.39, 0.29) is 0 Å². The lowest BCUT2D eigenvalue weighted by molar-refractivity contribution is 0.521. The lowest BCUT2D eigenvalue weighted by Crippen LogP contribution is -1.93. The van der Waals surface area contributed by atoms with Crippen molar-refractivity contribution in [2.24, 2.45) is 5.92 Å². The van der Waals surface area contributed by atoms with Crippen LogP contribution in [0, 0.1) is 17.6 Å². The van der Waals surface area contributed by atoms with E-state index in [9.17, 15) is 8.78 Å². The van der Waals surface area contributed by atoms with Gasteiger partial charge >= 0.3 is 0 Å². The molecule has 0 spiro atoms. The van der Waals surface area contributed by atoms with E-state index in [4.69, 9.17) is 0 Å². The van der Waals surface area contributed by atoms with Gasteiger partial charge in [0.05, 0.1) is 0 Å². The summed E-state index contributed by atoms with van der Waals surface area (Å²) in [7, 11) is 0. The standard InChI is InChI=1S/C14H20F2/c1-11(2)6-4-3-5-7-12-8-9-13(15)10-14(12)16/h8-11H,3-7H2,1-2H3. The third-order valence-corrected chi connectivity index (χ3v) is 2.74. The highest BCUT2D eigenvalue weighted by Gasteiger charge is 2.03. The Labute approximate surface area is 96.7 Å². The predicted octanol–water partition coefficient (Wildman–Crippen LogP) is 4.72. The molecule has 1 aromatic rings. The third-order valence-electron chi connectivity index (χ3n) is 2.74. The highest BCUT2D eigenvalue weighted by molar-refractivity contribution is 5.18. The highest BCUT2D eigenvalue weighted by atomic mass is 19.1. The molecule has 0 amide bonds. The highest BCUT2D eigenvalue weighted by Crippen LogP contribution is 2.14. The van der Waals surface area contributed by atoms with Gasteiger partial charge in [0.25, 0.3) is 0 Å². The Kier molecular flexibility index (Phi) is 5.44. The summed E-state index contributed by atoms with van der Waals surface area (Å²) in [6.45, 7) is 4.42. The van der Waals surface area contributed by atoms with Gasteiger partial charge in [-0.3, -0.25) is 0 Å². The van der Waals surface area contributed by atoms with Gasteiger partial charge in [-0.05, 0) is 30.4 Å². The number of halogens is 2. The maximum atomic E-state index is 13.2. The first kappa shape index (κ1) is 13.1. The first-order chi connectivity index (χ1) is 7.59. The van der Waals surface area contributed by atoms with Crippen LogP contribution in [-0.4, -0.2) is 0 Å². The SMILES string of the molecule is CC(C)CCCCCc1ccc(F)cc1F. The summed E-state index contributed by atoms with van der Waals surface area (Å²) in [6.07, 6.45) is 5.24. The lowest BCUT2D eigenvalue weighted by atomic mass is 10.0. The van der Waals surface area contributed by atoms with E-state index in [2.05, 4.69) is 13.8 Å². The number of rotatable bonds is 6. The second-order valence-corrected chi connectivity index (χ2v) is 4.73. The Hall–Kier alpha value is -0.920. The van der Waals surface area contributed by atoms with E-state index in [1.807, 2.05) is 0 Å². The number of unbranched alkanes of at least 4 members (excludes halogenated alkanes) is 2. The number of benzene rings is 1. The van der Waals surface area contributed by atoms with E-state index in [1.54, 1.807) is 6.07 Å². The van der Waals surface area contributed by atoms with Crippen molar-refractivity contribution in [3.63, 3.8) is 0 Å². The molecular formula is C14H20F2. The molecule has 0 atom stereocenters. The zero-order valence-electron chi connectivity index (χ0n) is 10.1. The lowest BCUT2D eigenvalue weighted by Gasteiger charge is -2.05. The average molecular weight is 226 g/mol. The zero-order chi connectivity index (χ0) is 12.0. The van der Waals surface area contributed by atoms with Crippen LogP contribution in [0.15, 0.2) is 18.2 Å². The quantitative estimate of drug-likeness (QED) is 0.615. The monoisotopic (exact) mass is 226 g/mol. The van der Waals surface area contributed by atoms with Crippen molar-refractivity contribution in [3.05, 3.63) is 35.4 Å². The molecule has 1 rings (SSSR count). The first-order valence-electron chi connectivity index (χ1n) is 6.03. The summed E-state index contributed by atoms with van der Waals surface area (Å²) >= 11 is 0. The fraction of sp³-hybridized carbons (Fsp3) is 0.571. The maximum Gasteiger partial charge on any atom is 0.129 e. The molecule has 16 heavy (non-hydrogen) atoms. The molecule has 2 heteroatoms. The molecule has 0 saturated carbocycles. The van der Waals surface area contributed by atoms with Gasteiger partial charge in [-0.1, -0.05) is 39.2 Å². The molecule has 0 aliphatic carbocycles. The Balaban J connectivity index is 2.27. The molecule has 0 bridgehead atoms. The van der Waals surface area contributed by atoms with Crippen LogP contribution in [0.25, 0.3) is 0 Å². The van der Waals surface area contributed by atoms with Crippen molar-refractivity contribution in [1.29, 1.82) is 0 Å². The number of hydrogen-bond donors (Lipinski definition) is 0. The van der Waals surface area contributed by atoms with Crippen molar-refractivity contribution in [1.82, 2.24) is 0 Å². The molecule has 0 aliphatic rings. The van der Waals surface area contributed by atoms with Gasteiger partial charge in [0.15, 0.2) is 0 Å². The summed E-state index contributed by atoms with van der Waals surface area (Å²) in [5.41, 5.74) is 0.631. The molecule has 0 aromatic heterocycles. The van der Waals surface area contributed by atoms with Gasteiger partial charge in [-0.25, -0.2) is 8.78 Å². The van der Waals surface area contributed by atoms with Crippen LogP contribution in [-0.2, 0) is 6.42 Å². The largest absolute Gasteiger partial charge is 0.207 e. The summed E-state index contributed by atoms with van der Waals surface area (Å²) in [5.74, 6) is -0.174. The Morgan fingerprint density at radius 3 is 2.44 bits per heavy atom. The Morgan fingerprint density at radius 1 is 1.06 bits per heavy atom. The Bertz CT molecular complexity index is 319. The molecule has 0 nitrogen and oxygen atoms in total. The van der Waals surface area contributed by atoms with Crippen molar-refractivity contribution >= 4 is 0 Å². The fourth-order valence-corrected chi connectivity index (χ4v) is 1.77. The molecule has 90 valence electrons. The van der Waals surface area contributed by atoms with Gasteiger partial charge in [0.2, 0.25) is 0 Å². The zero-order valence-corrected chi connectivity index (χ0v) is 10.1. The molecule has 0 saturated heterocycles. The van der Waals surface area contributed by atoms with Crippen LogP contribution in [0.2, 0.25) is 0 Å². The minimum Gasteiger partial charge on any atom is -0.207 e. The number of hydrogen-bond acceptors (Lipinski definition) is 0. The van der Waals surface area contributed by atoms with Gasteiger partial charge in [-0.15, -0.1) is 0 Å². The normalized spacial score (nSPS) is 11.1. The van der Waals surface area contributed by atoms with Crippen molar-refractivity contribution < 1.29 is 8.78 Å². The van der Waals surface area contributed by atoms with Crippen LogP contribution >= 0.6 is 0 Å². The van der Waals surface area contributed by atoms with Gasteiger partial charge < -0.3 is 0 Å². The van der Waals surface area contributed by atoms with Crippen molar-refractivity contribution in [2.75, 3.05) is 0 Å². The maximum absolute atomic E-state index is 13.2. The minimum atomic E-state index is -0.499. The fourth-order valence-electron chi connectivity index (χ4n) is 1.77. The molecular weight excluding hydrogens is 206 g/mol. The van der Waals surface area contributed by atoms with Crippen molar-refractivity contribution in [2.45, 2.75) is 46.0 Å². The topological polar surface area (TPSA) is 0 Å². The van der Waals surface area contributed by atoms with Crippen LogP contribution in [0.1, 0.15) is 45.1 Å². The summed E-state index contributed by atoms with van der Waals surface area (Å²) in [6, 6.07) is 3.84. The van der Waals surface area contributed by atoms with Crippen LogP contribution in [0.3, 0.4) is 0 Å². The smallest absolute Gasteiger partial charge is 0.129 e. The van der Waals surface area contributed by atoms with Gasteiger partial charge in [0.1, 0.15) is 11.6 Å². The third kappa shape index (κ3) is 4.73. The molecule has 0 radical (unpaired) electrons. The Morgan fingerprint density at radius 2 is 1.81 bits per heavy atom. The van der Waals surface area contributed by atoms with E-state index in [0.29, 0.717) is 12.0 Å². The van der Waals surface area contributed by atoms with E-state index >= 15 is 0 Å². The first-order valence-corrected chi connectivity index (χ1v) is 6.03. The summed E-state index contributed by atoms with van der Waals surface area (Å²) in [4.78, 5) is 0. The average Bonchev–Trinajstić information content (AvgIpc) is 2.20. The van der Waals surface area contributed by atoms with Gasteiger partial charge in [-0.2, -0.15) is 0 Å². The summed E-state index contributed by atoms with van der Waals surface area (Å²) < 4.78 is 25.9. The second-order valence-electron chi connectivity index (χ2n) is 4.73. The predicted molar refractivity (Wildman–Crippen MR) is 63.4 cm³/mol.